The van der Waals surface area contributed by atoms with E-state index < -0.39 is 26.2 Å². The smallest absolute Gasteiger partial charge is 0.370 e. The van der Waals surface area contributed by atoms with Crippen molar-refractivity contribution in [3.8, 4) is 0 Å². The highest BCUT2D eigenvalue weighted by atomic mass is 31.2. The van der Waals surface area contributed by atoms with E-state index >= 15 is 0 Å². The van der Waals surface area contributed by atoms with E-state index in [0.29, 0.717) is 6.66 Å². The van der Waals surface area contributed by atoms with Gasteiger partial charge in [-0.1, -0.05) is 6.07 Å². The Morgan fingerprint density at radius 3 is 2.42 bits per heavy atom. The van der Waals surface area contributed by atoms with E-state index in [0.717, 1.165) is 6.20 Å². The van der Waals surface area contributed by atoms with Gasteiger partial charge < -0.3 is 20.0 Å². The molecule has 0 spiro atoms. The zero-order valence-electron chi connectivity index (χ0n) is 9.82. The fraction of sp³-hybridized carbons (Fsp3) is 0.375. The fourth-order valence-electron chi connectivity index (χ4n) is 1.46. The van der Waals surface area contributed by atoms with Crippen LogP contribution in [0.4, 0.5) is 0 Å². The van der Waals surface area contributed by atoms with Gasteiger partial charge in [0, 0.05) is 24.6 Å². The summed E-state index contributed by atoms with van der Waals surface area (Å²) in [5, 5.41) is 16.7. The van der Waals surface area contributed by atoms with Crippen molar-refractivity contribution in [2.45, 2.75) is 11.2 Å². The molecular weight excluding hydrogens is 298 g/mol. The van der Waals surface area contributed by atoms with Crippen LogP contribution in [0.15, 0.2) is 24.5 Å². The molecule has 3 atom stereocenters. The van der Waals surface area contributed by atoms with Crippen LogP contribution in [0, 0.1) is 0 Å². The van der Waals surface area contributed by atoms with Crippen LogP contribution < -0.4 is 5.90 Å². The summed E-state index contributed by atoms with van der Waals surface area (Å²) in [6.45, 7) is 0.714. The van der Waals surface area contributed by atoms with Gasteiger partial charge in [0.1, 0.15) is 6.10 Å². The predicted octanol–water partition coefficient (Wildman–Crippen LogP) is -0.263. The SMILES string of the molecule is CP(=O)(ON)C(O)(C(O)c1cccnc1)P(=O)(O)O. The normalized spacial score (nSPS) is 20.3. The zero-order chi connectivity index (χ0) is 14.9. The highest BCUT2D eigenvalue weighted by Gasteiger charge is 2.63. The lowest BCUT2D eigenvalue weighted by Gasteiger charge is -2.36. The number of pyridine rings is 1. The number of aromatic nitrogens is 1. The van der Waals surface area contributed by atoms with Gasteiger partial charge in [0.05, 0.1) is 0 Å². The Balaban J connectivity index is 3.44. The third-order valence-electron chi connectivity index (χ3n) is 2.59. The van der Waals surface area contributed by atoms with Crippen molar-refractivity contribution in [2.75, 3.05) is 6.66 Å². The number of hydrogen-bond donors (Lipinski definition) is 5. The summed E-state index contributed by atoms with van der Waals surface area (Å²) in [5.74, 6) is 4.71. The summed E-state index contributed by atoms with van der Waals surface area (Å²) < 4.78 is 27.4. The van der Waals surface area contributed by atoms with Gasteiger partial charge in [-0.15, -0.1) is 0 Å². The maximum absolute atomic E-state index is 12.0. The molecular formula is C8H14N2O7P2. The molecule has 0 aliphatic carbocycles. The second-order valence-electron chi connectivity index (χ2n) is 3.87. The largest absolute Gasteiger partial charge is 0.384 e. The monoisotopic (exact) mass is 312 g/mol. The van der Waals surface area contributed by atoms with E-state index in [2.05, 4.69) is 9.61 Å². The molecule has 0 amide bonds. The minimum Gasteiger partial charge on any atom is -0.384 e. The van der Waals surface area contributed by atoms with Crippen molar-refractivity contribution in [1.82, 2.24) is 4.98 Å². The molecule has 1 rings (SSSR count). The zero-order valence-corrected chi connectivity index (χ0v) is 11.6. The van der Waals surface area contributed by atoms with Crippen LogP contribution in [-0.4, -0.2) is 36.7 Å². The molecule has 0 bridgehead atoms. The Hall–Kier alpha value is -0.630. The van der Waals surface area contributed by atoms with E-state index in [1.807, 2.05) is 0 Å². The molecule has 1 heterocycles. The first-order valence-corrected chi connectivity index (χ1v) is 8.58. The van der Waals surface area contributed by atoms with Crippen LogP contribution in [0.25, 0.3) is 0 Å². The van der Waals surface area contributed by atoms with Gasteiger partial charge >= 0.3 is 7.60 Å². The summed E-state index contributed by atoms with van der Waals surface area (Å²) >= 11 is 0. The van der Waals surface area contributed by atoms with Crippen molar-refractivity contribution in [1.29, 1.82) is 0 Å². The van der Waals surface area contributed by atoms with Crippen LogP contribution in [0.2, 0.25) is 0 Å². The molecule has 0 radical (unpaired) electrons. The fourth-order valence-corrected chi connectivity index (χ4v) is 4.71. The summed E-state index contributed by atoms with van der Waals surface area (Å²) in [6.07, 6.45) is 0.209. The maximum atomic E-state index is 12.0. The molecule has 0 aliphatic rings. The summed E-state index contributed by atoms with van der Waals surface area (Å²) in [7, 11) is -9.88. The number of nitrogens with zero attached hydrogens (tertiary/aromatic N) is 1. The molecule has 19 heavy (non-hydrogen) atoms. The molecule has 1 aromatic rings. The molecule has 0 aromatic carbocycles. The summed E-state index contributed by atoms with van der Waals surface area (Å²) in [5.41, 5.74) is -0.146. The van der Waals surface area contributed by atoms with Crippen molar-refractivity contribution in [3.05, 3.63) is 30.1 Å². The molecule has 0 fully saturated rings. The summed E-state index contributed by atoms with van der Waals surface area (Å²) in [4.78, 5) is 22.0. The van der Waals surface area contributed by atoms with Crippen LogP contribution in [-0.2, 0) is 13.8 Å². The third kappa shape index (κ3) is 2.79. The number of rotatable bonds is 5. The van der Waals surface area contributed by atoms with Crippen molar-refractivity contribution in [3.63, 3.8) is 0 Å². The number of aliphatic hydroxyl groups is 2. The Morgan fingerprint density at radius 1 is 1.47 bits per heavy atom. The second-order valence-corrected chi connectivity index (χ2v) is 8.58. The lowest BCUT2D eigenvalue weighted by Crippen LogP contribution is -2.37. The Kier molecular flexibility index (Phi) is 4.66. The summed E-state index contributed by atoms with van der Waals surface area (Å²) in [6, 6.07) is 2.61. The standard InChI is InChI=1S/C8H14N2O7P2/c1-18(13,17-9)8(12,19(14,15)16)7(11)6-3-2-4-10-5-6/h2-5,7,11-12H,9H2,1H3,(H2,14,15,16). The first-order valence-electron chi connectivity index (χ1n) is 4.90. The molecule has 0 saturated carbocycles. The van der Waals surface area contributed by atoms with Gasteiger partial charge in [-0.2, -0.15) is 0 Å². The molecule has 3 unspecified atom stereocenters. The number of nitrogens with two attached hydrogens (primary N) is 1. The highest BCUT2D eigenvalue weighted by Crippen LogP contribution is 2.73. The minimum absolute atomic E-state index is 0.146. The molecule has 0 aliphatic heterocycles. The molecule has 11 heteroatoms. The quantitative estimate of drug-likeness (QED) is 0.364. The lowest BCUT2D eigenvalue weighted by atomic mass is 10.2. The van der Waals surface area contributed by atoms with Gasteiger partial charge in [-0.3, -0.25) is 14.1 Å². The first-order chi connectivity index (χ1) is 8.58. The van der Waals surface area contributed by atoms with E-state index in [1.165, 1.54) is 18.3 Å². The second kappa shape index (κ2) is 5.40. The Bertz CT molecular complexity index is 533. The minimum atomic E-state index is -5.44. The van der Waals surface area contributed by atoms with E-state index in [-0.39, 0.29) is 5.56 Å². The van der Waals surface area contributed by atoms with Crippen LogP contribution in [0.5, 0.6) is 0 Å². The van der Waals surface area contributed by atoms with Gasteiger partial charge in [0.15, 0.2) is 0 Å². The number of aliphatic hydroxyl groups excluding tert-OH is 1. The highest BCUT2D eigenvalue weighted by molar-refractivity contribution is 7.75. The predicted molar refractivity (Wildman–Crippen MR) is 65.0 cm³/mol. The van der Waals surface area contributed by atoms with Gasteiger partial charge in [0.25, 0.3) is 12.5 Å². The van der Waals surface area contributed by atoms with E-state index in [9.17, 15) is 29.1 Å². The topological polar surface area (TPSA) is 163 Å². The van der Waals surface area contributed by atoms with Gasteiger partial charge in [-0.25, -0.2) is 10.5 Å². The number of hydrogen-bond acceptors (Lipinski definition) is 7. The van der Waals surface area contributed by atoms with E-state index in [1.54, 1.807) is 0 Å². The van der Waals surface area contributed by atoms with Crippen molar-refractivity contribution in [2.24, 2.45) is 5.90 Å². The average molecular weight is 312 g/mol. The molecule has 108 valence electrons. The van der Waals surface area contributed by atoms with Gasteiger partial charge in [-0.05, 0) is 6.07 Å². The van der Waals surface area contributed by atoms with Crippen LogP contribution in [0.3, 0.4) is 0 Å². The average Bonchev–Trinajstić information content (AvgIpc) is 2.36. The maximum Gasteiger partial charge on any atom is 0.370 e. The van der Waals surface area contributed by atoms with Crippen molar-refractivity contribution < 1.29 is 33.8 Å². The molecule has 0 saturated heterocycles. The van der Waals surface area contributed by atoms with Crippen LogP contribution in [0.1, 0.15) is 11.7 Å². The van der Waals surface area contributed by atoms with Crippen molar-refractivity contribution >= 4 is 15.0 Å². The van der Waals surface area contributed by atoms with Crippen LogP contribution >= 0.6 is 15.0 Å². The van der Waals surface area contributed by atoms with E-state index in [4.69, 9.17) is 5.90 Å². The lowest BCUT2D eigenvalue weighted by molar-refractivity contribution is 0.0113. The Labute approximate surface area is 108 Å². The first kappa shape index (κ1) is 16.4. The molecule has 6 N–H and O–H groups in total. The third-order valence-corrected chi connectivity index (χ3v) is 7.41. The molecule has 9 nitrogen and oxygen atoms in total. The van der Waals surface area contributed by atoms with Gasteiger partial charge in [0.2, 0.25) is 0 Å². The Morgan fingerprint density at radius 2 is 2.05 bits per heavy atom. The molecule has 1 aromatic heterocycles.